The average molecular weight is 208 g/mol. The van der Waals surface area contributed by atoms with Gasteiger partial charge in [-0.3, -0.25) is 0 Å². The first kappa shape index (κ1) is 11.4. The largest absolute Gasteiger partial charge is 0.467 e. The smallest absolute Gasteiger partial charge is 0.338 e. The average Bonchev–Trinajstić information content (AvgIpc) is 2.63. The van der Waals surface area contributed by atoms with Crippen LogP contribution in [0.15, 0.2) is 0 Å². The first-order chi connectivity index (χ1) is 6.60. The monoisotopic (exact) mass is 208 g/mol. The fourth-order valence-corrected chi connectivity index (χ4v) is 1.76. The fourth-order valence-electron chi connectivity index (χ4n) is 1.76. The van der Waals surface area contributed by atoms with E-state index < -0.39 is 24.6 Å². The molecule has 0 amide bonds. The summed E-state index contributed by atoms with van der Waals surface area (Å²) in [5.41, 5.74) is -1.11. The van der Waals surface area contributed by atoms with Gasteiger partial charge in [0.15, 0.2) is 5.60 Å². The number of ether oxygens (including phenoxy) is 2. The molecule has 1 fully saturated rings. The Kier molecular flexibility index (Phi) is 3.80. The van der Waals surface area contributed by atoms with E-state index in [1.54, 1.807) is 0 Å². The van der Waals surface area contributed by atoms with Crippen LogP contribution in [0.3, 0.4) is 0 Å². The third-order valence-corrected chi connectivity index (χ3v) is 2.45. The van der Waals surface area contributed by atoms with Crippen LogP contribution in [0.5, 0.6) is 0 Å². The van der Waals surface area contributed by atoms with Crippen LogP contribution in [0.2, 0.25) is 0 Å². The third kappa shape index (κ3) is 2.41. The Balaban J connectivity index is 2.57. The second-order valence-electron chi connectivity index (χ2n) is 3.40. The summed E-state index contributed by atoms with van der Waals surface area (Å²) in [5, 5.41) is 0. The van der Waals surface area contributed by atoms with Crippen LogP contribution < -0.4 is 0 Å². The highest BCUT2D eigenvalue weighted by Gasteiger charge is 2.43. The molecule has 1 aliphatic rings. The highest BCUT2D eigenvalue weighted by molar-refractivity contribution is 5.79. The molecule has 0 radical (unpaired) electrons. The standard InChI is InChI=1S/C9H14F2O3/c1-13-8(12)9(4-2-3-5-9)14-6-7(10)11/h7H,2-6H2,1H3. The lowest BCUT2D eigenvalue weighted by molar-refractivity contribution is -0.173. The van der Waals surface area contributed by atoms with E-state index in [2.05, 4.69) is 4.74 Å². The molecule has 0 aliphatic heterocycles. The minimum Gasteiger partial charge on any atom is -0.467 e. The zero-order valence-corrected chi connectivity index (χ0v) is 8.09. The molecule has 0 heterocycles. The minimum atomic E-state index is -2.54. The van der Waals surface area contributed by atoms with E-state index in [0.29, 0.717) is 12.8 Å². The van der Waals surface area contributed by atoms with Gasteiger partial charge in [0.05, 0.1) is 7.11 Å². The molecule has 0 saturated heterocycles. The first-order valence-electron chi connectivity index (χ1n) is 4.61. The summed E-state index contributed by atoms with van der Waals surface area (Å²) in [6.45, 7) is -0.699. The van der Waals surface area contributed by atoms with E-state index in [1.165, 1.54) is 7.11 Å². The Bertz CT molecular complexity index is 200. The quantitative estimate of drug-likeness (QED) is 0.660. The van der Waals surface area contributed by atoms with Gasteiger partial charge in [0, 0.05) is 0 Å². The Labute approximate surface area is 81.4 Å². The van der Waals surface area contributed by atoms with Crippen molar-refractivity contribution in [3.8, 4) is 0 Å². The Morgan fingerprint density at radius 2 is 2.00 bits per heavy atom. The van der Waals surface area contributed by atoms with Crippen molar-refractivity contribution in [3.05, 3.63) is 0 Å². The van der Waals surface area contributed by atoms with E-state index in [1.807, 2.05) is 0 Å². The van der Waals surface area contributed by atoms with E-state index >= 15 is 0 Å². The molecular formula is C9H14F2O3. The molecule has 0 bridgehead atoms. The van der Waals surface area contributed by atoms with E-state index in [-0.39, 0.29) is 0 Å². The van der Waals surface area contributed by atoms with Gasteiger partial charge in [0.1, 0.15) is 6.61 Å². The number of esters is 1. The van der Waals surface area contributed by atoms with E-state index in [0.717, 1.165) is 12.8 Å². The molecule has 3 nitrogen and oxygen atoms in total. The van der Waals surface area contributed by atoms with E-state index in [9.17, 15) is 13.6 Å². The van der Waals surface area contributed by atoms with Crippen LogP contribution in [0.1, 0.15) is 25.7 Å². The molecule has 0 unspecified atom stereocenters. The first-order valence-corrected chi connectivity index (χ1v) is 4.61. The second kappa shape index (κ2) is 4.68. The maximum Gasteiger partial charge on any atom is 0.338 e. The van der Waals surface area contributed by atoms with Crippen molar-refractivity contribution >= 4 is 5.97 Å². The highest BCUT2D eigenvalue weighted by Crippen LogP contribution is 2.34. The summed E-state index contributed by atoms with van der Waals surface area (Å²) in [7, 11) is 1.24. The second-order valence-corrected chi connectivity index (χ2v) is 3.40. The van der Waals surface area contributed by atoms with Gasteiger partial charge in [0.2, 0.25) is 0 Å². The number of alkyl halides is 2. The van der Waals surface area contributed by atoms with Crippen molar-refractivity contribution in [1.82, 2.24) is 0 Å². The lowest BCUT2D eigenvalue weighted by atomic mass is 10.0. The van der Waals surface area contributed by atoms with E-state index in [4.69, 9.17) is 4.74 Å². The van der Waals surface area contributed by atoms with Gasteiger partial charge in [-0.2, -0.15) is 0 Å². The van der Waals surface area contributed by atoms with Gasteiger partial charge >= 0.3 is 5.97 Å². The van der Waals surface area contributed by atoms with Crippen molar-refractivity contribution in [2.24, 2.45) is 0 Å². The molecule has 82 valence electrons. The molecule has 0 aromatic carbocycles. The predicted molar refractivity (Wildman–Crippen MR) is 45.2 cm³/mol. The third-order valence-electron chi connectivity index (χ3n) is 2.45. The van der Waals surface area contributed by atoms with Crippen LogP contribution >= 0.6 is 0 Å². The molecule has 5 heteroatoms. The number of halogens is 2. The predicted octanol–water partition coefficient (Wildman–Crippen LogP) is 1.75. The van der Waals surface area contributed by atoms with Gasteiger partial charge in [-0.1, -0.05) is 0 Å². The summed E-state index contributed by atoms with van der Waals surface area (Å²) in [6, 6.07) is 0. The summed E-state index contributed by atoms with van der Waals surface area (Å²) >= 11 is 0. The molecule has 0 spiro atoms. The van der Waals surface area contributed by atoms with Crippen LogP contribution in [-0.2, 0) is 14.3 Å². The molecule has 1 saturated carbocycles. The van der Waals surface area contributed by atoms with Gasteiger partial charge in [-0.05, 0) is 25.7 Å². The number of hydrogen-bond donors (Lipinski definition) is 0. The lowest BCUT2D eigenvalue weighted by Crippen LogP contribution is -2.41. The minimum absolute atomic E-state index is 0.479. The van der Waals surface area contributed by atoms with Crippen LogP contribution in [-0.4, -0.2) is 31.7 Å². The molecule has 1 aliphatic carbocycles. The fraction of sp³-hybridized carbons (Fsp3) is 0.889. The molecular weight excluding hydrogens is 194 g/mol. The molecule has 1 rings (SSSR count). The van der Waals surface area contributed by atoms with Crippen LogP contribution in [0.25, 0.3) is 0 Å². The van der Waals surface area contributed by atoms with Crippen molar-refractivity contribution in [1.29, 1.82) is 0 Å². The van der Waals surface area contributed by atoms with Gasteiger partial charge in [-0.25, -0.2) is 13.6 Å². The zero-order valence-electron chi connectivity index (χ0n) is 8.09. The normalized spacial score (nSPS) is 20.0. The molecule has 0 N–H and O–H groups in total. The van der Waals surface area contributed by atoms with Gasteiger partial charge in [0.25, 0.3) is 6.43 Å². The maximum atomic E-state index is 11.9. The van der Waals surface area contributed by atoms with Gasteiger partial charge in [-0.15, -0.1) is 0 Å². The summed E-state index contributed by atoms with van der Waals surface area (Å²) < 4.78 is 33.4. The maximum absolute atomic E-state index is 11.9. The van der Waals surface area contributed by atoms with Crippen molar-refractivity contribution in [3.63, 3.8) is 0 Å². The summed E-state index contributed by atoms with van der Waals surface area (Å²) in [4.78, 5) is 11.4. The topological polar surface area (TPSA) is 35.5 Å². The molecule has 0 atom stereocenters. The number of rotatable bonds is 4. The Morgan fingerprint density at radius 1 is 1.43 bits per heavy atom. The zero-order chi connectivity index (χ0) is 10.6. The highest BCUT2D eigenvalue weighted by atomic mass is 19.3. The number of carbonyl (C=O) groups excluding carboxylic acids is 1. The number of carbonyl (C=O) groups is 1. The van der Waals surface area contributed by atoms with Crippen LogP contribution in [0.4, 0.5) is 8.78 Å². The Hall–Kier alpha value is -0.710. The van der Waals surface area contributed by atoms with Crippen molar-refractivity contribution in [2.45, 2.75) is 37.7 Å². The Morgan fingerprint density at radius 3 is 2.43 bits per heavy atom. The number of methoxy groups -OCH3 is 1. The molecule has 0 aromatic rings. The number of hydrogen-bond acceptors (Lipinski definition) is 3. The van der Waals surface area contributed by atoms with Crippen molar-refractivity contribution in [2.75, 3.05) is 13.7 Å². The lowest BCUT2D eigenvalue weighted by Gasteiger charge is -2.25. The SMILES string of the molecule is COC(=O)C1(OCC(F)F)CCCC1. The van der Waals surface area contributed by atoms with Gasteiger partial charge < -0.3 is 9.47 Å². The van der Waals surface area contributed by atoms with Crippen LogP contribution in [0, 0.1) is 0 Å². The summed E-state index contributed by atoms with van der Waals surface area (Å²) in [5.74, 6) is -0.532. The molecule has 14 heavy (non-hydrogen) atoms. The molecule has 0 aromatic heterocycles. The van der Waals surface area contributed by atoms with Crippen molar-refractivity contribution < 1.29 is 23.0 Å². The summed E-state index contributed by atoms with van der Waals surface area (Å²) in [6.07, 6.45) is 0.0484.